The number of nitrogens with two attached hydrogens (primary N) is 1. The first-order chi connectivity index (χ1) is 6.56. The molecule has 0 radical (unpaired) electrons. The molecule has 0 spiro atoms. The summed E-state index contributed by atoms with van der Waals surface area (Å²) in [5.74, 6) is 0.809. The number of hydrogen-bond acceptors (Lipinski definition) is 3. The average molecular weight is 196 g/mol. The molecular formula is C10H20N4. The van der Waals surface area contributed by atoms with Gasteiger partial charge in [0.15, 0.2) is 0 Å². The summed E-state index contributed by atoms with van der Waals surface area (Å²) in [7, 11) is 5.98. The summed E-state index contributed by atoms with van der Waals surface area (Å²) in [6.07, 6.45) is 2.12. The second-order valence-corrected chi connectivity index (χ2v) is 3.92. The number of rotatable bonds is 4. The predicted molar refractivity (Wildman–Crippen MR) is 59.0 cm³/mol. The third-order valence-electron chi connectivity index (χ3n) is 2.24. The molecule has 4 heteroatoms. The number of nitrogen functional groups attached to an aromatic ring is 1. The largest absolute Gasteiger partial charge is 0.384 e. The lowest BCUT2D eigenvalue weighted by molar-refractivity contribution is 0.393. The Hall–Kier alpha value is -1.03. The Morgan fingerprint density at radius 2 is 2.07 bits per heavy atom. The molecule has 2 N–H and O–H groups in total. The summed E-state index contributed by atoms with van der Waals surface area (Å²) in [4.78, 5) is 2.11. The van der Waals surface area contributed by atoms with Gasteiger partial charge in [0.1, 0.15) is 5.82 Å². The van der Waals surface area contributed by atoms with E-state index in [9.17, 15) is 0 Å². The van der Waals surface area contributed by atoms with Crippen molar-refractivity contribution in [3.8, 4) is 0 Å². The summed E-state index contributed by atoms with van der Waals surface area (Å²) in [6, 6.07) is 0. The minimum Gasteiger partial charge on any atom is -0.384 e. The fraction of sp³-hybridized carbons (Fsp3) is 0.700. The molecule has 0 aromatic carbocycles. The molecule has 14 heavy (non-hydrogen) atoms. The summed E-state index contributed by atoms with van der Waals surface area (Å²) in [5, 5.41) is 4.42. The molecule has 4 nitrogen and oxygen atoms in total. The molecule has 80 valence electrons. The minimum absolute atomic E-state index is 0.809. The number of aryl methyl sites for hydroxylation is 1. The highest BCUT2D eigenvalue weighted by atomic mass is 15.3. The number of anilines is 1. The van der Waals surface area contributed by atoms with E-state index in [1.807, 2.05) is 21.1 Å². The third-order valence-corrected chi connectivity index (χ3v) is 2.24. The quantitative estimate of drug-likeness (QED) is 0.782. The van der Waals surface area contributed by atoms with E-state index < -0.39 is 0 Å². The second-order valence-electron chi connectivity index (χ2n) is 3.92. The number of hydrogen-bond donors (Lipinski definition) is 1. The van der Waals surface area contributed by atoms with Crippen LogP contribution < -0.4 is 5.73 Å². The van der Waals surface area contributed by atoms with Crippen molar-refractivity contribution in [1.82, 2.24) is 14.7 Å². The van der Waals surface area contributed by atoms with Crippen molar-refractivity contribution in [1.29, 1.82) is 0 Å². The molecule has 0 amide bonds. The zero-order valence-corrected chi connectivity index (χ0v) is 9.54. The normalized spacial score (nSPS) is 11.2. The highest BCUT2D eigenvalue weighted by molar-refractivity contribution is 5.43. The van der Waals surface area contributed by atoms with E-state index in [-0.39, 0.29) is 0 Å². The van der Waals surface area contributed by atoms with Crippen molar-refractivity contribution < 1.29 is 0 Å². The van der Waals surface area contributed by atoms with Gasteiger partial charge in [-0.05, 0) is 20.5 Å². The molecule has 1 heterocycles. The van der Waals surface area contributed by atoms with Crippen LogP contribution in [-0.2, 0) is 20.0 Å². The Kier molecular flexibility index (Phi) is 3.52. The van der Waals surface area contributed by atoms with Gasteiger partial charge in [-0.3, -0.25) is 4.68 Å². The first kappa shape index (κ1) is 11.0. The van der Waals surface area contributed by atoms with Crippen LogP contribution in [0.2, 0.25) is 0 Å². The Morgan fingerprint density at radius 3 is 2.57 bits per heavy atom. The molecule has 1 rings (SSSR count). The molecular weight excluding hydrogens is 176 g/mol. The van der Waals surface area contributed by atoms with Gasteiger partial charge in [0.05, 0.1) is 5.69 Å². The highest BCUT2D eigenvalue weighted by Gasteiger charge is 2.12. The van der Waals surface area contributed by atoms with Gasteiger partial charge in [0.25, 0.3) is 0 Å². The Labute approximate surface area is 85.7 Å². The van der Waals surface area contributed by atoms with Gasteiger partial charge in [-0.25, -0.2) is 0 Å². The molecule has 0 saturated heterocycles. The van der Waals surface area contributed by atoms with Crippen LogP contribution in [0.4, 0.5) is 5.82 Å². The molecule has 0 atom stereocenters. The maximum absolute atomic E-state index is 5.95. The highest BCUT2D eigenvalue weighted by Crippen LogP contribution is 2.18. The van der Waals surface area contributed by atoms with Crippen molar-refractivity contribution in [3.63, 3.8) is 0 Å². The SMILES string of the molecule is CCCc1c(CN(C)C)nn(C)c1N. The van der Waals surface area contributed by atoms with Crippen molar-refractivity contribution in [2.24, 2.45) is 7.05 Å². The van der Waals surface area contributed by atoms with Crippen LogP contribution in [0.15, 0.2) is 0 Å². The van der Waals surface area contributed by atoms with Crippen LogP contribution in [-0.4, -0.2) is 28.8 Å². The van der Waals surface area contributed by atoms with E-state index in [0.29, 0.717) is 0 Å². The van der Waals surface area contributed by atoms with Gasteiger partial charge in [0, 0.05) is 19.2 Å². The average Bonchev–Trinajstić information content (AvgIpc) is 2.32. The predicted octanol–water partition coefficient (Wildman–Crippen LogP) is 1.02. The van der Waals surface area contributed by atoms with Crippen LogP contribution in [0.3, 0.4) is 0 Å². The monoisotopic (exact) mass is 196 g/mol. The van der Waals surface area contributed by atoms with E-state index in [1.165, 1.54) is 5.56 Å². The van der Waals surface area contributed by atoms with Crippen LogP contribution in [0.25, 0.3) is 0 Å². The fourth-order valence-corrected chi connectivity index (χ4v) is 1.59. The van der Waals surface area contributed by atoms with E-state index in [1.54, 1.807) is 4.68 Å². The fourth-order valence-electron chi connectivity index (χ4n) is 1.59. The first-order valence-electron chi connectivity index (χ1n) is 5.01. The summed E-state index contributed by atoms with van der Waals surface area (Å²) in [5.41, 5.74) is 8.27. The molecule has 0 fully saturated rings. The van der Waals surface area contributed by atoms with E-state index in [0.717, 1.165) is 30.9 Å². The van der Waals surface area contributed by atoms with Gasteiger partial charge < -0.3 is 10.6 Å². The molecule has 1 aromatic heterocycles. The van der Waals surface area contributed by atoms with Gasteiger partial charge in [-0.1, -0.05) is 13.3 Å². The maximum Gasteiger partial charge on any atom is 0.124 e. The zero-order valence-electron chi connectivity index (χ0n) is 9.54. The van der Waals surface area contributed by atoms with Crippen molar-refractivity contribution in [2.75, 3.05) is 19.8 Å². The third kappa shape index (κ3) is 2.26. The minimum atomic E-state index is 0.809. The topological polar surface area (TPSA) is 47.1 Å². The van der Waals surface area contributed by atoms with Crippen molar-refractivity contribution >= 4 is 5.82 Å². The number of nitrogens with zero attached hydrogens (tertiary/aromatic N) is 3. The lowest BCUT2D eigenvalue weighted by Gasteiger charge is -2.08. The van der Waals surface area contributed by atoms with E-state index in [2.05, 4.69) is 16.9 Å². The summed E-state index contributed by atoms with van der Waals surface area (Å²) in [6.45, 7) is 3.02. The zero-order chi connectivity index (χ0) is 10.7. The Balaban J connectivity index is 2.96. The van der Waals surface area contributed by atoms with Crippen LogP contribution in [0, 0.1) is 0 Å². The first-order valence-corrected chi connectivity index (χ1v) is 5.01. The molecule has 0 aliphatic heterocycles. The van der Waals surface area contributed by atoms with E-state index >= 15 is 0 Å². The Bertz CT molecular complexity index is 301. The molecule has 0 aliphatic carbocycles. The Morgan fingerprint density at radius 1 is 1.43 bits per heavy atom. The summed E-state index contributed by atoms with van der Waals surface area (Å²) < 4.78 is 1.77. The van der Waals surface area contributed by atoms with Gasteiger partial charge >= 0.3 is 0 Å². The standard InChI is InChI=1S/C10H20N4/c1-5-6-8-9(7-13(2)3)12-14(4)10(8)11/h5-7,11H2,1-4H3. The maximum atomic E-state index is 5.95. The van der Waals surface area contributed by atoms with Gasteiger partial charge in [-0.15, -0.1) is 0 Å². The number of aromatic nitrogens is 2. The lowest BCUT2D eigenvalue weighted by atomic mass is 10.1. The van der Waals surface area contributed by atoms with Crippen LogP contribution >= 0.6 is 0 Å². The van der Waals surface area contributed by atoms with Crippen molar-refractivity contribution in [2.45, 2.75) is 26.3 Å². The molecule has 0 aliphatic rings. The van der Waals surface area contributed by atoms with Gasteiger partial charge in [-0.2, -0.15) is 5.10 Å². The molecule has 1 aromatic rings. The lowest BCUT2D eigenvalue weighted by Crippen LogP contribution is -2.12. The molecule has 0 unspecified atom stereocenters. The molecule has 0 bridgehead atoms. The second kappa shape index (κ2) is 4.46. The smallest absolute Gasteiger partial charge is 0.124 e. The van der Waals surface area contributed by atoms with Gasteiger partial charge in [0.2, 0.25) is 0 Å². The van der Waals surface area contributed by atoms with Crippen LogP contribution in [0.1, 0.15) is 24.6 Å². The van der Waals surface area contributed by atoms with Crippen LogP contribution in [0.5, 0.6) is 0 Å². The molecule has 0 saturated carbocycles. The van der Waals surface area contributed by atoms with E-state index in [4.69, 9.17) is 5.73 Å². The van der Waals surface area contributed by atoms with Crippen molar-refractivity contribution in [3.05, 3.63) is 11.3 Å². The summed E-state index contributed by atoms with van der Waals surface area (Å²) >= 11 is 0.